The number of esters is 1. The van der Waals surface area contributed by atoms with Gasteiger partial charge in [-0.25, -0.2) is 4.79 Å². The molecule has 0 amide bonds. The molecule has 0 aromatic rings. The van der Waals surface area contributed by atoms with Crippen LogP contribution in [0, 0.1) is 17.8 Å². The molecule has 1 heterocycles. The molecule has 0 N–H and O–H groups in total. The van der Waals surface area contributed by atoms with Gasteiger partial charge in [0.25, 0.3) is 0 Å². The van der Waals surface area contributed by atoms with Crippen molar-refractivity contribution < 1.29 is 14.3 Å². The van der Waals surface area contributed by atoms with Gasteiger partial charge < -0.3 is 9.47 Å². The number of carbonyl (C=O) groups is 1. The average molecular weight is 238 g/mol. The molecule has 0 saturated heterocycles. The van der Waals surface area contributed by atoms with Crippen LogP contribution in [0.2, 0.25) is 0 Å². The van der Waals surface area contributed by atoms with Crippen molar-refractivity contribution in [2.45, 2.75) is 46.1 Å². The highest BCUT2D eigenvalue weighted by atomic mass is 16.6. The van der Waals surface area contributed by atoms with Crippen molar-refractivity contribution in [1.82, 2.24) is 0 Å². The zero-order valence-electron chi connectivity index (χ0n) is 10.9. The Hall–Kier alpha value is -0.990. The minimum absolute atomic E-state index is 0.177. The lowest BCUT2D eigenvalue weighted by Crippen LogP contribution is -2.34. The van der Waals surface area contributed by atoms with E-state index in [-0.39, 0.29) is 12.1 Å². The molecule has 0 aromatic carbocycles. The molecule has 2 rings (SSSR count). The average Bonchev–Trinajstić information content (AvgIpc) is 2.64. The maximum atomic E-state index is 11.4. The first kappa shape index (κ1) is 12.5. The molecular formula is C14H22O3. The molecule has 0 bridgehead atoms. The number of carbonyl (C=O) groups excluding carboxylic acids is 1. The van der Waals surface area contributed by atoms with E-state index in [9.17, 15) is 4.79 Å². The Morgan fingerprint density at radius 1 is 1.41 bits per heavy atom. The lowest BCUT2D eigenvalue weighted by Gasteiger charge is -2.37. The number of rotatable bonds is 3. The monoisotopic (exact) mass is 238 g/mol. The Balaban J connectivity index is 2.02. The lowest BCUT2D eigenvalue weighted by molar-refractivity contribution is -0.141. The second kappa shape index (κ2) is 5.11. The maximum Gasteiger partial charge on any atom is 0.373 e. The SMILES string of the molecule is CC(C)[C@H]1CC[C@H](C)C[C@@H]1OC1=CCOC1=O. The third-order valence-corrected chi connectivity index (χ3v) is 3.92. The van der Waals surface area contributed by atoms with E-state index in [2.05, 4.69) is 20.8 Å². The van der Waals surface area contributed by atoms with Crippen LogP contribution in [-0.4, -0.2) is 18.7 Å². The first-order chi connectivity index (χ1) is 8.08. The predicted octanol–water partition coefficient (Wildman–Crippen LogP) is 2.90. The summed E-state index contributed by atoms with van der Waals surface area (Å²) in [6, 6.07) is 0. The number of hydrogen-bond donors (Lipinski definition) is 0. The number of hydrogen-bond acceptors (Lipinski definition) is 3. The highest BCUT2D eigenvalue weighted by Crippen LogP contribution is 2.36. The normalized spacial score (nSPS) is 33.5. The van der Waals surface area contributed by atoms with Gasteiger partial charge in [-0.05, 0) is 30.6 Å². The molecule has 1 fully saturated rings. The summed E-state index contributed by atoms with van der Waals surface area (Å²) < 4.78 is 10.8. The van der Waals surface area contributed by atoms with Gasteiger partial charge in [0, 0.05) is 6.08 Å². The summed E-state index contributed by atoms with van der Waals surface area (Å²) in [4.78, 5) is 11.4. The minimum atomic E-state index is -0.300. The molecule has 1 aliphatic carbocycles. The highest BCUT2D eigenvalue weighted by molar-refractivity contribution is 5.88. The van der Waals surface area contributed by atoms with Gasteiger partial charge in [-0.15, -0.1) is 0 Å². The molecule has 1 saturated carbocycles. The van der Waals surface area contributed by atoms with Gasteiger partial charge in [0.15, 0.2) is 0 Å². The van der Waals surface area contributed by atoms with Gasteiger partial charge in [0.05, 0.1) is 0 Å². The fourth-order valence-corrected chi connectivity index (χ4v) is 2.86. The summed E-state index contributed by atoms with van der Waals surface area (Å²) in [6.07, 6.45) is 5.44. The van der Waals surface area contributed by atoms with Crippen LogP contribution in [0.3, 0.4) is 0 Å². The molecular weight excluding hydrogens is 216 g/mol. The van der Waals surface area contributed by atoms with E-state index >= 15 is 0 Å². The van der Waals surface area contributed by atoms with Crippen LogP contribution in [0.5, 0.6) is 0 Å². The standard InChI is InChI=1S/C14H22O3/c1-9(2)11-5-4-10(3)8-13(11)17-12-6-7-16-14(12)15/h6,9-11,13H,4-5,7-8H2,1-3H3/t10-,11+,13-/m0/s1. The quantitative estimate of drug-likeness (QED) is 0.709. The van der Waals surface area contributed by atoms with Crippen LogP contribution in [0.1, 0.15) is 40.0 Å². The van der Waals surface area contributed by atoms with Crippen LogP contribution in [0.4, 0.5) is 0 Å². The molecule has 0 aromatic heterocycles. The predicted molar refractivity (Wildman–Crippen MR) is 65.3 cm³/mol. The topological polar surface area (TPSA) is 35.5 Å². The summed E-state index contributed by atoms with van der Waals surface area (Å²) >= 11 is 0. The Labute approximate surface area is 103 Å². The smallest absolute Gasteiger partial charge is 0.373 e. The fraction of sp³-hybridized carbons (Fsp3) is 0.786. The second-order valence-electron chi connectivity index (χ2n) is 5.65. The van der Waals surface area contributed by atoms with Crippen molar-refractivity contribution in [3.05, 3.63) is 11.8 Å². The van der Waals surface area contributed by atoms with Gasteiger partial charge in [-0.2, -0.15) is 0 Å². The molecule has 0 radical (unpaired) electrons. The van der Waals surface area contributed by atoms with Crippen LogP contribution in [0.15, 0.2) is 11.8 Å². The molecule has 17 heavy (non-hydrogen) atoms. The van der Waals surface area contributed by atoms with E-state index in [0.29, 0.717) is 30.1 Å². The Bertz CT molecular complexity index is 319. The van der Waals surface area contributed by atoms with Crippen molar-refractivity contribution in [2.24, 2.45) is 17.8 Å². The summed E-state index contributed by atoms with van der Waals surface area (Å²) in [5.74, 6) is 1.97. The lowest BCUT2D eigenvalue weighted by atomic mass is 9.75. The van der Waals surface area contributed by atoms with Gasteiger partial charge in [-0.1, -0.05) is 27.2 Å². The summed E-state index contributed by atoms with van der Waals surface area (Å²) in [6.45, 7) is 7.09. The third kappa shape index (κ3) is 2.82. The number of ether oxygens (including phenoxy) is 2. The van der Waals surface area contributed by atoms with Crippen LogP contribution < -0.4 is 0 Å². The van der Waals surface area contributed by atoms with Gasteiger partial charge in [0.2, 0.25) is 5.76 Å². The Kier molecular flexibility index (Phi) is 3.75. The first-order valence-electron chi connectivity index (χ1n) is 6.62. The van der Waals surface area contributed by atoms with E-state index in [1.807, 2.05) is 0 Å². The van der Waals surface area contributed by atoms with Crippen LogP contribution in [0.25, 0.3) is 0 Å². The molecule has 1 aliphatic heterocycles. The third-order valence-electron chi connectivity index (χ3n) is 3.92. The molecule has 2 aliphatic rings. The largest absolute Gasteiger partial charge is 0.483 e. The summed E-state index contributed by atoms with van der Waals surface area (Å²) in [7, 11) is 0. The zero-order valence-corrected chi connectivity index (χ0v) is 10.9. The van der Waals surface area contributed by atoms with Crippen molar-refractivity contribution >= 4 is 5.97 Å². The Morgan fingerprint density at radius 2 is 2.18 bits per heavy atom. The van der Waals surface area contributed by atoms with Crippen LogP contribution in [-0.2, 0) is 14.3 Å². The van der Waals surface area contributed by atoms with Gasteiger partial charge >= 0.3 is 5.97 Å². The molecule has 3 atom stereocenters. The minimum Gasteiger partial charge on any atom is -0.483 e. The summed E-state index contributed by atoms with van der Waals surface area (Å²) in [5.41, 5.74) is 0. The van der Waals surface area contributed by atoms with Gasteiger partial charge in [-0.3, -0.25) is 0 Å². The van der Waals surface area contributed by atoms with Crippen molar-refractivity contribution in [3.8, 4) is 0 Å². The van der Waals surface area contributed by atoms with E-state index in [4.69, 9.17) is 9.47 Å². The van der Waals surface area contributed by atoms with Gasteiger partial charge in [0.1, 0.15) is 12.7 Å². The Morgan fingerprint density at radius 3 is 2.76 bits per heavy atom. The van der Waals surface area contributed by atoms with Crippen molar-refractivity contribution in [2.75, 3.05) is 6.61 Å². The number of cyclic esters (lactones) is 1. The maximum absolute atomic E-state index is 11.4. The van der Waals surface area contributed by atoms with E-state index in [0.717, 1.165) is 6.42 Å². The van der Waals surface area contributed by atoms with Crippen molar-refractivity contribution in [3.63, 3.8) is 0 Å². The highest BCUT2D eigenvalue weighted by Gasteiger charge is 2.34. The second-order valence-corrected chi connectivity index (χ2v) is 5.65. The van der Waals surface area contributed by atoms with E-state index < -0.39 is 0 Å². The first-order valence-corrected chi connectivity index (χ1v) is 6.62. The molecule has 3 heteroatoms. The zero-order chi connectivity index (χ0) is 12.4. The van der Waals surface area contributed by atoms with Crippen LogP contribution >= 0.6 is 0 Å². The molecule has 3 nitrogen and oxygen atoms in total. The molecule has 0 unspecified atom stereocenters. The van der Waals surface area contributed by atoms with Crippen molar-refractivity contribution in [1.29, 1.82) is 0 Å². The molecule has 0 spiro atoms. The summed E-state index contributed by atoms with van der Waals surface area (Å²) in [5, 5.41) is 0. The van der Waals surface area contributed by atoms with E-state index in [1.54, 1.807) is 6.08 Å². The molecule has 96 valence electrons. The van der Waals surface area contributed by atoms with E-state index in [1.165, 1.54) is 12.8 Å². The fourth-order valence-electron chi connectivity index (χ4n) is 2.86.